The van der Waals surface area contributed by atoms with Crippen LogP contribution in [0.4, 0.5) is 13.2 Å². The lowest BCUT2D eigenvalue weighted by Gasteiger charge is -2.20. The smallest absolute Gasteiger partial charge is 0.431 e. The van der Waals surface area contributed by atoms with Gasteiger partial charge in [-0.25, -0.2) is 9.78 Å². The number of aryl methyl sites for hydroxylation is 1. The first-order valence-corrected chi connectivity index (χ1v) is 13.6. The fraction of sp³-hybridized carbons (Fsp3) is 0.194. The molecule has 3 aromatic carbocycles. The number of hydrogen-bond donors (Lipinski definition) is 2. The number of aliphatic carboxylic acids is 1. The van der Waals surface area contributed by atoms with E-state index in [4.69, 9.17) is 9.72 Å². The van der Waals surface area contributed by atoms with E-state index in [9.17, 15) is 27.9 Å². The number of carbonyl (C=O) groups excluding carboxylic acids is 1. The lowest BCUT2D eigenvalue weighted by molar-refractivity contribution is -0.140. The van der Waals surface area contributed by atoms with Gasteiger partial charge in [0, 0.05) is 28.5 Å². The van der Waals surface area contributed by atoms with E-state index in [-0.39, 0.29) is 18.6 Å². The molecule has 0 amide bonds. The van der Waals surface area contributed by atoms with Crippen LogP contribution in [-0.4, -0.2) is 34.1 Å². The summed E-state index contributed by atoms with van der Waals surface area (Å²) in [5, 5.41) is 12.5. The normalized spacial score (nSPS) is 12.5. The molecule has 0 unspecified atom stereocenters. The van der Waals surface area contributed by atoms with Crippen LogP contribution in [0.25, 0.3) is 10.6 Å². The summed E-state index contributed by atoms with van der Waals surface area (Å²) in [6, 6.07) is 22.1. The van der Waals surface area contributed by atoms with Crippen LogP contribution in [0.5, 0.6) is 5.75 Å². The second-order valence-corrected chi connectivity index (χ2v) is 10.2. The van der Waals surface area contributed by atoms with Gasteiger partial charge in [-0.3, -0.25) is 4.79 Å². The molecule has 1 atom stereocenters. The Morgan fingerprint density at radius 3 is 2.22 bits per heavy atom. The molecule has 0 aliphatic carbocycles. The molecule has 41 heavy (non-hydrogen) atoms. The molecule has 4 aromatic rings. The number of nitrogens with one attached hydrogen (secondary N) is 1. The number of rotatable bonds is 12. The molecule has 0 fully saturated rings. The molecule has 1 heterocycles. The van der Waals surface area contributed by atoms with Crippen molar-refractivity contribution in [3.05, 3.63) is 118 Å². The molecule has 0 spiro atoms. The Morgan fingerprint density at radius 1 is 1.00 bits per heavy atom. The summed E-state index contributed by atoms with van der Waals surface area (Å²) in [6.07, 6.45) is -4.02. The zero-order chi connectivity index (χ0) is 29.4. The monoisotopic (exact) mass is 580 g/mol. The van der Waals surface area contributed by atoms with Gasteiger partial charge in [-0.05, 0) is 24.1 Å². The second kappa shape index (κ2) is 13.3. The van der Waals surface area contributed by atoms with Crippen molar-refractivity contribution in [2.24, 2.45) is 0 Å². The summed E-state index contributed by atoms with van der Waals surface area (Å²) in [7, 11) is 0. The topological polar surface area (TPSA) is 88.5 Å². The third kappa shape index (κ3) is 8.04. The number of carboxylic acid groups (broad SMARTS) is 1. The molecule has 6 nitrogen and oxygen atoms in total. The minimum atomic E-state index is -4.96. The van der Waals surface area contributed by atoms with Crippen molar-refractivity contribution in [2.45, 2.75) is 38.6 Å². The van der Waals surface area contributed by atoms with Crippen molar-refractivity contribution < 1.29 is 32.6 Å². The van der Waals surface area contributed by atoms with Crippen molar-refractivity contribution >= 4 is 23.1 Å². The van der Waals surface area contributed by atoms with Gasteiger partial charge in [0.15, 0.2) is 5.78 Å². The highest BCUT2D eigenvalue weighted by molar-refractivity contribution is 7.15. The van der Waals surface area contributed by atoms with Gasteiger partial charge in [0.05, 0.1) is 5.69 Å². The van der Waals surface area contributed by atoms with Crippen LogP contribution < -0.4 is 10.1 Å². The molecule has 0 bridgehead atoms. The van der Waals surface area contributed by atoms with Gasteiger partial charge < -0.3 is 15.2 Å². The Kier molecular flexibility index (Phi) is 9.57. The van der Waals surface area contributed by atoms with Gasteiger partial charge >= 0.3 is 12.1 Å². The van der Waals surface area contributed by atoms with E-state index in [1.807, 2.05) is 42.6 Å². The van der Waals surface area contributed by atoms with Gasteiger partial charge in [0.25, 0.3) is 0 Å². The van der Waals surface area contributed by atoms with Crippen LogP contribution in [0.15, 0.2) is 96.7 Å². The zero-order valence-corrected chi connectivity index (χ0v) is 22.8. The number of hydrogen-bond acceptors (Lipinski definition) is 6. The summed E-state index contributed by atoms with van der Waals surface area (Å²) < 4.78 is 47.0. The van der Waals surface area contributed by atoms with E-state index in [1.54, 1.807) is 41.7 Å². The molecule has 0 radical (unpaired) electrons. The number of ketones is 1. The van der Waals surface area contributed by atoms with E-state index in [0.29, 0.717) is 17.4 Å². The second-order valence-electron chi connectivity index (χ2n) is 9.07. The molecule has 212 valence electrons. The highest BCUT2D eigenvalue weighted by Crippen LogP contribution is 2.29. The van der Waals surface area contributed by atoms with E-state index in [1.165, 1.54) is 24.3 Å². The first-order chi connectivity index (χ1) is 19.6. The molecular weight excluding hydrogens is 553 g/mol. The zero-order valence-electron chi connectivity index (χ0n) is 22.0. The van der Waals surface area contributed by atoms with Gasteiger partial charge in [-0.1, -0.05) is 79.7 Å². The largest absolute Gasteiger partial charge is 0.487 e. The highest BCUT2D eigenvalue weighted by Gasteiger charge is 2.37. The van der Waals surface area contributed by atoms with Crippen LogP contribution in [0, 0.1) is 0 Å². The van der Waals surface area contributed by atoms with Crippen LogP contribution in [-0.2, 0) is 24.2 Å². The van der Waals surface area contributed by atoms with Gasteiger partial charge in [-0.15, -0.1) is 11.3 Å². The van der Waals surface area contributed by atoms with Crippen LogP contribution in [0.1, 0.15) is 33.4 Å². The van der Waals surface area contributed by atoms with Crippen molar-refractivity contribution in [1.29, 1.82) is 0 Å². The number of nitrogens with zero attached hydrogens (tertiary/aromatic N) is 1. The van der Waals surface area contributed by atoms with E-state index < -0.39 is 29.7 Å². The Bertz CT molecular complexity index is 1500. The average Bonchev–Trinajstić information content (AvgIpc) is 3.39. The molecule has 0 aliphatic heterocycles. The number of benzene rings is 3. The highest BCUT2D eigenvalue weighted by atomic mass is 32.1. The number of aromatic nitrogens is 1. The summed E-state index contributed by atoms with van der Waals surface area (Å²) in [4.78, 5) is 30.0. The van der Waals surface area contributed by atoms with Crippen molar-refractivity contribution in [3.63, 3.8) is 0 Å². The molecule has 0 aliphatic rings. The lowest BCUT2D eigenvalue weighted by atomic mass is 10.0. The lowest BCUT2D eigenvalue weighted by Crippen LogP contribution is -2.42. The van der Waals surface area contributed by atoms with Crippen molar-refractivity contribution in [1.82, 2.24) is 10.3 Å². The molecule has 1 aromatic heterocycles. The first-order valence-electron chi connectivity index (χ1n) is 12.8. The van der Waals surface area contributed by atoms with E-state index in [0.717, 1.165) is 27.6 Å². The molecule has 0 saturated heterocycles. The summed E-state index contributed by atoms with van der Waals surface area (Å²) >= 11 is 1.61. The third-order valence-corrected chi connectivity index (χ3v) is 7.42. The standard InChI is InChI=1S/C31H27F3N2O4S/c1-2-27-25(36-29(41-27)22-11-7-4-8-12-22)19-40-23-15-13-20(14-16-23)17-24(30(38)39)35-28(31(32,33)34)18-26(37)21-9-5-3-6-10-21/h3-16,18,24,35H,2,17,19H2,1H3,(H,38,39)/b28-18+/t24-/m0/s1. The number of ether oxygens (including phenoxy) is 1. The third-order valence-electron chi connectivity index (χ3n) is 6.13. The SMILES string of the molecule is CCc1sc(-c2ccccc2)nc1COc1ccc(C[C@H](N/C(=C/C(=O)c2ccccc2)C(F)(F)F)C(=O)O)cc1. The quantitative estimate of drug-likeness (QED) is 0.141. The molecule has 4 rings (SSSR count). The predicted molar refractivity (Wildman–Crippen MR) is 151 cm³/mol. The van der Waals surface area contributed by atoms with Gasteiger partial charge in [0.1, 0.15) is 29.1 Å². The van der Waals surface area contributed by atoms with Crippen molar-refractivity contribution in [3.8, 4) is 16.3 Å². The minimum Gasteiger partial charge on any atom is -0.487 e. The number of carbonyl (C=O) groups is 2. The summed E-state index contributed by atoms with van der Waals surface area (Å²) in [5.74, 6) is -1.87. The Balaban J connectivity index is 1.43. The van der Waals surface area contributed by atoms with Crippen LogP contribution >= 0.6 is 11.3 Å². The Morgan fingerprint density at radius 2 is 1.63 bits per heavy atom. The van der Waals surface area contributed by atoms with E-state index in [2.05, 4.69) is 0 Å². The molecule has 10 heteroatoms. The molecular formula is C31H27F3N2O4S. The minimum absolute atomic E-state index is 0.0542. The van der Waals surface area contributed by atoms with Crippen LogP contribution in [0.2, 0.25) is 0 Å². The number of thiazole rings is 1. The number of alkyl halides is 3. The Hall–Kier alpha value is -4.44. The maximum absolute atomic E-state index is 13.7. The van der Waals surface area contributed by atoms with Gasteiger partial charge in [-0.2, -0.15) is 13.2 Å². The maximum atomic E-state index is 13.7. The number of allylic oxidation sites excluding steroid dienone is 2. The van der Waals surface area contributed by atoms with E-state index >= 15 is 0 Å². The summed E-state index contributed by atoms with van der Waals surface area (Å²) in [6.45, 7) is 2.28. The van der Waals surface area contributed by atoms with Crippen molar-refractivity contribution in [2.75, 3.05) is 0 Å². The predicted octanol–water partition coefficient (Wildman–Crippen LogP) is 6.87. The fourth-order valence-corrected chi connectivity index (χ4v) is 5.01. The molecule has 0 saturated carbocycles. The average molecular weight is 581 g/mol. The van der Waals surface area contributed by atoms with Crippen LogP contribution in [0.3, 0.4) is 0 Å². The number of carboxylic acids is 1. The summed E-state index contributed by atoms with van der Waals surface area (Å²) in [5.41, 5.74) is 0.953. The fourth-order valence-electron chi connectivity index (χ4n) is 4.00. The first kappa shape index (κ1) is 29.5. The van der Waals surface area contributed by atoms with Gasteiger partial charge in [0.2, 0.25) is 0 Å². The Labute approximate surface area is 239 Å². The molecule has 2 N–H and O–H groups in total. The number of halogens is 3. The maximum Gasteiger partial charge on any atom is 0.431 e.